The molecule has 9 atom stereocenters. The van der Waals surface area contributed by atoms with Crippen molar-refractivity contribution < 1.29 is 44.2 Å². The lowest BCUT2D eigenvalue weighted by atomic mass is 9.46. The molecule has 0 unspecified atom stereocenters. The summed E-state index contributed by atoms with van der Waals surface area (Å²) < 4.78 is 24.1. The second-order valence-corrected chi connectivity index (χ2v) is 12.7. The third-order valence-electron chi connectivity index (χ3n) is 9.38. The molecule has 0 aromatic rings. The maximum absolute atomic E-state index is 13.6. The summed E-state index contributed by atoms with van der Waals surface area (Å²) in [7, 11) is 1.49. The maximum Gasteiger partial charge on any atom is 0.190 e. The zero-order chi connectivity index (χ0) is 26.4. The van der Waals surface area contributed by atoms with E-state index in [-0.39, 0.29) is 25.4 Å². The van der Waals surface area contributed by atoms with Crippen molar-refractivity contribution in [1.29, 1.82) is 0 Å². The molecule has 0 radical (unpaired) electrons. The van der Waals surface area contributed by atoms with Crippen molar-refractivity contribution in [3.05, 3.63) is 11.6 Å². The number of ketones is 1. The standard InChI is InChI=1S/C26H42O9/c1-14-9-16(29)26-20(35-26)19-23(7,11-18(33-13-32-8)25(14,31)22(26,5)6)17(34-21(2,3)4)10-15(28)24(19,30)12-27/h9,15,17-20,27-28,30-31H,10-13H2,1-8H3/t15-,17-,18+,19+,20+,23+,24+,25-,26+/m0/s1. The average Bonchev–Trinajstić information content (AvgIpc) is 3.48. The van der Waals surface area contributed by atoms with Gasteiger partial charge >= 0.3 is 0 Å². The van der Waals surface area contributed by atoms with Gasteiger partial charge in [-0.15, -0.1) is 0 Å². The molecular weight excluding hydrogens is 456 g/mol. The van der Waals surface area contributed by atoms with Crippen LogP contribution in [0.5, 0.6) is 0 Å². The lowest BCUT2D eigenvalue weighted by molar-refractivity contribution is -0.279. The van der Waals surface area contributed by atoms with Gasteiger partial charge in [0.05, 0.1) is 30.5 Å². The Morgan fingerprint density at radius 1 is 1.17 bits per heavy atom. The number of fused-ring (bicyclic) bond motifs is 3. The third-order valence-corrected chi connectivity index (χ3v) is 9.38. The van der Waals surface area contributed by atoms with E-state index in [0.29, 0.717) is 5.57 Å². The number of aliphatic hydroxyl groups is 4. The zero-order valence-corrected chi connectivity index (χ0v) is 22.1. The molecule has 200 valence electrons. The Labute approximate surface area is 207 Å². The monoisotopic (exact) mass is 498 g/mol. The normalized spacial score (nSPS) is 48.9. The van der Waals surface area contributed by atoms with Gasteiger partial charge in [0.2, 0.25) is 0 Å². The van der Waals surface area contributed by atoms with Crippen LogP contribution in [0.25, 0.3) is 0 Å². The number of epoxide rings is 1. The van der Waals surface area contributed by atoms with Crippen LogP contribution in [0, 0.1) is 16.7 Å². The smallest absolute Gasteiger partial charge is 0.190 e. The van der Waals surface area contributed by atoms with Gasteiger partial charge in [0.15, 0.2) is 11.4 Å². The molecule has 1 spiro atoms. The molecule has 1 aliphatic heterocycles. The molecule has 0 aromatic heterocycles. The predicted octanol–water partition coefficient (Wildman–Crippen LogP) is 1.10. The van der Waals surface area contributed by atoms with Crippen LogP contribution in [0.3, 0.4) is 0 Å². The molecule has 3 fully saturated rings. The van der Waals surface area contributed by atoms with E-state index in [4.69, 9.17) is 18.9 Å². The Hall–Kier alpha value is -0.910. The second-order valence-electron chi connectivity index (χ2n) is 12.7. The predicted molar refractivity (Wildman–Crippen MR) is 125 cm³/mol. The molecule has 4 N–H and O–H groups in total. The van der Waals surface area contributed by atoms with Crippen LogP contribution < -0.4 is 0 Å². The molecule has 0 aromatic carbocycles. The number of rotatable bonds is 5. The molecule has 9 heteroatoms. The van der Waals surface area contributed by atoms with Gasteiger partial charge in [-0.1, -0.05) is 20.8 Å². The van der Waals surface area contributed by atoms with Gasteiger partial charge in [-0.2, -0.15) is 0 Å². The minimum absolute atomic E-state index is 0.0582. The van der Waals surface area contributed by atoms with E-state index in [1.807, 2.05) is 27.7 Å². The van der Waals surface area contributed by atoms with E-state index in [0.717, 1.165) is 0 Å². The van der Waals surface area contributed by atoms with E-state index in [2.05, 4.69) is 0 Å². The van der Waals surface area contributed by atoms with Crippen LogP contribution in [-0.2, 0) is 23.7 Å². The summed E-state index contributed by atoms with van der Waals surface area (Å²) in [6, 6.07) is 0. The highest BCUT2D eigenvalue weighted by molar-refractivity contribution is 6.03. The van der Waals surface area contributed by atoms with Crippen molar-refractivity contribution in [2.75, 3.05) is 20.5 Å². The molecule has 4 aliphatic rings. The van der Waals surface area contributed by atoms with Crippen molar-refractivity contribution in [3.63, 3.8) is 0 Å². The number of ether oxygens (including phenoxy) is 4. The van der Waals surface area contributed by atoms with E-state index in [1.165, 1.54) is 13.2 Å². The first-order chi connectivity index (χ1) is 16.0. The van der Waals surface area contributed by atoms with Gasteiger partial charge in [-0.05, 0) is 45.8 Å². The van der Waals surface area contributed by atoms with Gasteiger partial charge in [0, 0.05) is 30.3 Å². The van der Waals surface area contributed by atoms with Gasteiger partial charge in [0.1, 0.15) is 24.1 Å². The number of aliphatic hydroxyl groups excluding tert-OH is 2. The SMILES string of the molecule is COCO[C@@H]1C[C@]2(C)[C@@H](OC(C)(C)C)C[C@H](O)[C@](O)(CO)[C@@H]2[C@H]2O[C@]23C(=O)C=C(C)[C@@]1(O)C3(C)C. The van der Waals surface area contributed by atoms with Crippen molar-refractivity contribution in [2.45, 2.75) is 108 Å². The molecule has 3 aliphatic carbocycles. The second kappa shape index (κ2) is 8.04. The van der Waals surface area contributed by atoms with Crippen molar-refractivity contribution in [1.82, 2.24) is 0 Å². The summed E-state index contributed by atoms with van der Waals surface area (Å²) in [5.41, 5.74) is -7.24. The Bertz CT molecular complexity index is 909. The molecule has 2 bridgehead atoms. The van der Waals surface area contributed by atoms with Crippen molar-refractivity contribution in [3.8, 4) is 0 Å². The quantitative estimate of drug-likeness (QED) is 0.324. The van der Waals surface area contributed by atoms with Crippen LogP contribution in [0.1, 0.15) is 61.3 Å². The van der Waals surface area contributed by atoms with Gasteiger partial charge < -0.3 is 39.4 Å². The highest BCUT2D eigenvalue weighted by atomic mass is 16.7. The first-order valence-electron chi connectivity index (χ1n) is 12.4. The molecule has 1 saturated heterocycles. The molecule has 4 rings (SSSR count). The summed E-state index contributed by atoms with van der Waals surface area (Å²) >= 11 is 0. The van der Waals surface area contributed by atoms with E-state index in [9.17, 15) is 25.2 Å². The maximum atomic E-state index is 13.6. The van der Waals surface area contributed by atoms with Gasteiger partial charge in [0.25, 0.3) is 0 Å². The van der Waals surface area contributed by atoms with Crippen LogP contribution >= 0.6 is 0 Å². The fourth-order valence-corrected chi connectivity index (χ4v) is 7.54. The lowest BCUT2D eigenvalue weighted by Crippen LogP contribution is -2.74. The molecule has 35 heavy (non-hydrogen) atoms. The molecule has 1 heterocycles. The molecular formula is C26H42O9. The number of methoxy groups -OCH3 is 1. The van der Waals surface area contributed by atoms with Crippen LogP contribution in [-0.4, -0.2) is 93.5 Å². The fourth-order valence-electron chi connectivity index (χ4n) is 7.54. The van der Waals surface area contributed by atoms with Gasteiger partial charge in [-0.25, -0.2) is 0 Å². The Balaban J connectivity index is 1.98. The summed E-state index contributed by atoms with van der Waals surface area (Å²) in [6.07, 6.45) is -1.95. The fraction of sp³-hybridized carbons (Fsp3) is 0.885. The van der Waals surface area contributed by atoms with E-state index >= 15 is 0 Å². The van der Waals surface area contributed by atoms with Gasteiger partial charge in [-0.3, -0.25) is 4.79 Å². The minimum atomic E-state index is -1.95. The summed E-state index contributed by atoms with van der Waals surface area (Å²) in [6.45, 7) is 12.1. The Morgan fingerprint density at radius 2 is 1.80 bits per heavy atom. The highest BCUT2D eigenvalue weighted by Crippen LogP contribution is 2.70. The lowest BCUT2D eigenvalue weighted by Gasteiger charge is -2.62. The number of hydrogen-bond donors (Lipinski definition) is 4. The molecule has 9 nitrogen and oxygen atoms in total. The van der Waals surface area contributed by atoms with Crippen LogP contribution in [0.4, 0.5) is 0 Å². The Morgan fingerprint density at radius 3 is 2.34 bits per heavy atom. The van der Waals surface area contributed by atoms with Crippen molar-refractivity contribution >= 4 is 5.78 Å². The first-order valence-corrected chi connectivity index (χ1v) is 12.4. The topological polar surface area (TPSA) is 138 Å². The number of carbonyl (C=O) groups excluding carboxylic acids is 1. The van der Waals surface area contributed by atoms with Crippen LogP contribution in [0.2, 0.25) is 0 Å². The summed E-state index contributed by atoms with van der Waals surface area (Å²) in [5, 5.41) is 45.7. The zero-order valence-electron chi connectivity index (χ0n) is 22.1. The number of hydrogen-bond acceptors (Lipinski definition) is 9. The first kappa shape index (κ1) is 27.1. The summed E-state index contributed by atoms with van der Waals surface area (Å²) in [5.74, 6) is -1.19. The number of carbonyl (C=O) groups is 1. The van der Waals surface area contributed by atoms with Crippen LogP contribution in [0.15, 0.2) is 11.6 Å². The highest BCUT2D eigenvalue weighted by Gasteiger charge is 2.84. The van der Waals surface area contributed by atoms with E-state index < -0.39 is 70.2 Å². The third kappa shape index (κ3) is 3.39. The van der Waals surface area contributed by atoms with Crippen molar-refractivity contribution in [2.24, 2.45) is 16.7 Å². The minimum Gasteiger partial charge on any atom is -0.393 e. The van der Waals surface area contributed by atoms with E-state index in [1.54, 1.807) is 20.8 Å². The summed E-state index contributed by atoms with van der Waals surface area (Å²) in [4.78, 5) is 13.6. The average molecular weight is 499 g/mol. The molecule has 0 amide bonds. The largest absolute Gasteiger partial charge is 0.393 e. The molecule has 2 saturated carbocycles. The Kier molecular flexibility index (Phi) is 6.24.